The summed E-state index contributed by atoms with van der Waals surface area (Å²) in [6.07, 6.45) is 5.77. The van der Waals surface area contributed by atoms with E-state index in [4.69, 9.17) is 0 Å². The van der Waals surface area contributed by atoms with E-state index in [0.717, 1.165) is 0 Å². The van der Waals surface area contributed by atoms with Crippen molar-refractivity contribution in [2.75, 3.05) is 9.80 Å². The van der Waals surface area contributed by atoms with Gasteiger partial charge >= 0.3 is 0 Å². The minimum absolute atomic E-state index is 0.232. The normalized spacial score (nSPS) is 15.0. The Morgan fingerprint density at radius 1 is 0.621 bits per heavy atom. The van der Waals surface area contributed by atoms with Gasteiger partial charge in [-0.05, 0) is 49.7 Å². The number of hydrogen-bond acceptors (Lipinski definition) is 2. The summed E-state index contributed by atoms with van der Waals surface area (Å²) >= 11 is 0. The molecule has 1 atom stereocenters. The Labute approximate surface area is 176 Å². The predicted octanol–water partition coefficient (Wildman–Crippen LogP) is 8.22. The van der Waals surface area contributed by atoms with Crippen LogP contribution in [-0.2, 0) is 0 Å². The van der Waals surface area contributed by atoms with Crippen molar-refractivity contribution in [3.8, 4) is 0 Å². The fourth-order valence-electron chi connectivity index (χ4n) is 4.00. The highest BCUT2D eigenvalue weighted by molar-refractivity contribution is 5.88. The van der Waals surface area contributed by atoms with Crippen molar-refractivity contribution >= 4 is 22.7 Å². The zero-order chi connectivity index (χ0) is 20.6. The van der Waals surface area contributed by atoms with E-state index < -0.39 is 0 Å². The summed E-state index contributed by atoms with van der Waals surface area (Å²) in [5, 5.41) is 0. The quantitative estimate of drug-likeness (QED) is 0.407. The van der Waals surface area contributed by atoms with E-state index in [-0.39, 0.29) is 6.17 Å². The third-order valence-electron chi connectivity index (χ3n) is 5.51. The summed E-state index contributed by atoms with van der Waals surface area (Å²) < 4.78 is 0. The molecule has 0 spiro atoms. The molecule has 4 rings (SSSR count). The maximum Gasteiger partial charge on any atom is 0.108 e. The molecule has 0 bridgehead atoms. The molecule has 0 aromatic heterocycles. The monoisotopic (exact) mass is 386 g/mol. The first-order valence-corrected chi connectivity index (χ1v) is 11.0. The Bertz CT molecular complexity index is 884. The van der Waals surface area contributed by atoms with Crippen molar-refractivity contribution in [2.24, 2.45) is 0 Å². The molecule has 3 aromatic rings. The first kappa shape index (κ1) is 21.0. The maximum atomic E-state index is 2.43. The molecule has 1 heterocycles. The van der Waals surface area contributed by atoms with Crippen molar-refractivity contribution in [1.82, 2.24) is 0 Å². The summed E-state index contributed by atoms with van der Waals surface area (Å²) in [7, 11) is 0. The molecule has 29 heavy (non-hydrogen) atoms. The molecule has 1 aliphatic rings. The lowest BCUT2D eigenvalue weighted by atomic mass is 10.1. The largest absolute Gasteiger partial charge is 0.319 e. The molecule has 0 aliphatic carbocycles. The van der Waals surface area contributed by atoms with Gasteiger partial charge in [-0.3, -0.25) is 0 Å². The lowest BCUT2D eigenvalue weighted by Gasteiger charge is -2.31. The summed E-state index contributed by atoms with van der Waals surface area (Å²) in [6.45, 7) is 8.90. The summed E-state index contributed by atoms with van der Waals surface area (Å²) in [5.74, 6) is 0. The third-order valence-corrected chi connectivity index (χ3v) is 5.51. The molecule has 2 nitrogen and oxygen atoms in total. The molecule has 0 saturated heterocycles. The highest BCUT2D eigenvalue weighted by Crippen LogP contribution is 2.47. The van der Waals surface area contributed by atoms with Gasteiger partial charge in [-0.15, -0.1) is 0 Å². The number of para-hydroxylation sites is 4. The number of benzene rings is 3. The van der Waals surface area contributed by atoms with Crippen LogP contribution in [0.4, 0.5) is 22.7 Å². The fourth-order valence-corrected chi connectivity index (χ4v) is 4.00. The highest BCUT2D eigenvalue weighted by Gasteiger charge is 2.34. The zero-order valence-electron chi connectivity index (χ0n) is 18.3. The average Bonchev–Trinajstić information content (AvgIpc) is 3.05. The minimum Gasteiger partial charge on any atom is -0.319 e. The smallest absolute Gasteiger partial charge is 0.108 e. The van der Waals surface area contributed by atoms with Crippen LogP contribution in [0.3, 0.4) is 0 Å². The van der Waals surface area contributed by atoms with Crippen LogP contribution >= 0.6 is 0 Å². The van der Waals surface area contributed by atoms with E-state index in [1.807, 2.05) is 0 Å². The molecule has 152 valence electrons. The van der Waals surface area contributed by atoms with Crippen molar-refractivity contribution in [1.29, 1.82) is 0 Å². The number of hydrogen-bond donors (Lipinski definition) is 0. The lowest BCUT2D eigenvalue weighted by molar-refractivity contribution is 0.702. The minimum atomic E-state index is 0.232. The van der Waals surface area contributed by atoms with Crippen LogP contribution in [0.5, 0.6) is 0 Å². The molecule has 0 N–H and O–H groups in total. The predicted molar refractivity (Wildman–Crippen MR) is 128 cm³/mol. The fraction of sp³-hybridized carbons (Fsp3) is 0.333. The molecule has 0 radical (unpaired) electrons. The number of aryl methyl sites for hydroxylation is 1. The number of anilines is 4. The van der Waals surface area contributed by atoms with Crippen LogP contribution in [0.1, 0.15) is 52.0 Å². The van der Waals surface area contributed by atoms with Gasteiger partial charge in [0.25, 0.3) is 0 Å². The Hall–Kier alpha value is -2.74. The molecular weight excluding hydrogens is 352 g/mol. The van der Waals surface area contributed by atoms with Crippen molar-refractivity contribution in [3.63, 3.8) is 0 Å². The van der Waals surface area contributed by atoms with Gasteiger partial charge in [0.05, 0.1) is 11.4 Å². The number of unbranched alkanes of at least 4 members (excludes halogenated alkanes) is 3. The number of rotatable bonds is 5. The van der Waals surface area contributed by atoms with Crippen LogP contribution in [0.25, 0.3) is 0 Å². The van der Waals surface area contributed by atoms with E-state index in [1.54, 1.807) is 0 Å². The second kappa shape index (κ2) is 10.2. The number of nitrogens with zero attached hydrogens (tertiary/aromatic N) is 2. The van der Waals surface area contributed by atoms with Crippen LogP contribution < -0.4 is 9.80 Å². The topological polar surface area (TPSA) is 6.48 Å². The van der Waals surface area contributed by atoms with E-state index in [1.165, 1.54) is 54.0 Å². The summed E-state index contributed by atoms with van der Waals surface area (Å²) in [5.41, 5.74) is 6.31. The van der Waals surface area contributed by atoms with Gasteiger partial charge in [-0.25, -0.2) is 0 Å². The average molecular weight is 387 g/mol. The van der Waals surface area contributed by atoms with Crippen LogP contribution in [0.2, 0.25) is 0 Å². The molecule has 1 aliphatic heterocycles. The van der Waals surface area contributed by atoms with Gasteiger partial charge in [0, 0.05) is 11.4 Å². The third kappa shape index (κ3) is 4.64. The first-order chi connectivity index (χ1) is 14.2. The van der Waals surface area contributed by atoms with E-state index in [2.05, 4.69) is 116 Å². The van der Waals surface area contributed by atoms with Gasteiger partial charge in [0.1, 0.15) is 6.17 Å². The van der Waals surface area contributed by atoms with Crippen molar-refractivity contribution in [2.45, 2.75) is 59.5 Å². The van der Waals surface area contributed by atoms with Gasteiger partial charge in [-0.2, -0.15) is 0 Å². The molecule has 0 saturated carbocycles. The van der Waals surface area contributed by atoms with Gasteiger partial charge in [-0.1, -0.05) is 88.1 Å². The summed E-state index contributed by atoms with van der Waals surface area (Å²) in [4.78, 5) is 4.83. The molecule has 3 aromatic carbocycles. The van der Waals surface area contributed by atoms with E-state index in [9.17, 15) is 0 Å². The van der Waals surface area contributed by atoms with Gasteiger partial charge in [0.15, 0.2) is 0 Å². The van der Waals surface area contributed by atoms with Crippen LogP contribution in [0.15, 0.2) is 78.9 Å². The van der Waals surface area contributed by atoms with Gasteiger partial charge in [0.2, 0.25) is 0 Å². The SMILES string of the molecule is CCCCCC.Cc1ccccc1N1c2ccccc2N(c2ccccc2)C1C. The Kier molecular flexibility index (Phi) is 7.35. The lowest BCUT2D eigenvalue weighted by Crippen LogP contribution is -2.35. The molecule has 0 amide bonds. The first-order valence-electron chi connectivity index (χ1n) is 11.0. The maximum absolute atomic E-state index is 2.43. The number of fused-ring (bicyclic) bond motifs is 1. The standard InChI is InChI=1S/C21H20N2.C6H14/c1-16-10-6-7-13-19(16)23-17(2)22(18-11-4-3-5-12-18)20-14-8-9-15-21(20)23;1-3-5-6-4-2/h3-15,17H,1-2H3;3-6H2,1-2H3. The molecule has 0 fully saturated rings. The van der Waals surface area contributed by atoms with E-state index >= 15 is 0 Å². The van der Waals surface area contributed by atoms with Crippen molar-refractivity contribution < 1.29 is 0 Å². The molecular formula is C27H34N2. The van der Waals surface area contributed by atoms with Crippen molar-refractivity contribution in [3.05, 3.63) is 84.4 Å². The Balaban J connectivity index is 0.000000353. The second-order valence-corrected chi connectivity index (χ2v) is 7.69. The Morgan fingerprint density at radius 3 is 1.66 bits per heavy atom. The van der Waals surface area contributed by atoms with Crippen LogP contribution in [-0.4, -0.2) is 6.17 Å². The zero-order valence-corrected chi connectivity index (χ0v) is 18.3. The summed E-state index contributed by atoms with van der Waals surface area (Å²) in [6, 6.07) is 27.9. The molecule has 2 heteroatoms. The Morgan fingerprint density at radius 2 is 1.10 bits per heavy atom. The van der Waals surface area contributed by atoms with Crippen LogP contribution in [0, 0.1) is 6.92 Å². The second-order valence-electron chi connectivity index (χ2n) is 7.69. The van der Waals surface area contributed by atoms with E-state index in [0.29, 0.717) is 0 Å². The highest BCUT2D eigenvalue weighted by atomic mass is 15.4. The van der Waals surface area contributed by atoms with Gasteiger partial charge < -0.3 is 9.80 Å². The molecule has 1 unspecified atom stereocenters.